The fourth-order valence-electron chi connectivity index (χ4n) is 1.18. The van der Waals surface area contributed by atoms with Gasteiger partial charge in [0, 0.05) is 11.9 Å². The van der Waals surface area contributed by atoms with E-state index in [0.29, 0.717) is 11.6 Å². The number of hydrogen-bond donors (Lipinski definition) is 1. The van der Waals surface area contributed by atoms with Crippen molar-refractivity contribution >= 4 is 27.8 Å². The van der Waals surface area contributed by atoms with E-state index in [9.17, 15) is 8.42 Å². The number of nitrogens with zero attached hydrogens (tertiary/aromatic N) is 3. The third-order valence-corrected chi connectivity index (χ3v) is 3.01. The summed E-state index contributed by atoms with van der Waals surface area (Å²) in [6, 6.07) is 6.43. The number of anilines is 1. The van der Waals surface area contributed by atoms with Gasteiger partial charge in [-0.15, -0.1) is 10.2 Å². The molecule has 7 heteroatoms. The molecule has 1 aromatic rings. The second-order valence-electron chi connectivity index (χ2n) is 3.21. The zero-order chi connectivity index (χ0) is 11.6. The van der Waals surface area contributed by atoms with Crippen molar-refractivity contribution in [2.45, 2.75) is 4.90 Å². The van der Waals surface area contributed by atoms with Gasteiger partial charge < -0.3 is 5.32 Å². The Hall–Kier alpha value is -1.89. The highest BCUT2D eigenvalue weighted by atomic mass is 32.2. The maximum Gasteiger partial charge on any atom is 0.248 e. The van der Waals surface area contributed by atoms with Crippen molar-refractivity contribution in [3.05, 3.63) is 24.3 Å². The highest BCUT2D eigenvalue weighted by Gasteiger charge is 2.09. The van der Waals surface area contributed by atoms with E-state index in [1.165, 1.54) is 18.5 Å². The molecule has 0 saturated heterocycles. The summed E-state index contributed by atoms with van der Waals surface area (Å²) in [6.07, 6.45) is 2.47. The van der Waals surface area contributed by atoms with Crippen LogP contribution in [0.5, 0.6) is 0 Å². The van der Waals surface area contributed by atoms with Crippen molar-refractivity contribution in [3.63, 3.8) is 0 Å². The van der Waals surface area contributed by atoms with Crippen molar-refractivity contribution in [1.29, 1.82) is 0 Å². The van der Waals surface area contributed by atoms with Gasteiger partial charge in [0.15, 0.2) is 9.84 Å². The zero-order valence-electron chi connectivity index (χ0n) is 8.45. The summed E-state index contributed by atoms with van der Waals surface area (Å²) in [4.78, 5) is 0.247. The van der Waals surface area contributed by atoms with Gasteiger partial charge in [0.1, 0.15) is 6.34 Å². The first-order valence-electron chi connectivity index (χ1n) is 4.43. The largest absolute Gasteiger partial charge is 0.323 e. The predicted molar refractivity (Wildman–Crippen MR) is 61.2 cm³/mol. The average Bonchev–Trinajstić information content (AvgIpc) is 2.70. The van der Waals surface area contributed by atoms with Crippen LogP contribution in [0, 0.1) is 0 Å². The molecule has 6 nitrogen and oxygen atoms in total. The van der Waals surface area contributed by atoms with Gasteiger partial charge in [-0.2, -0.15) is 5.32 Å². The molecule has 0 spiro atoms. The van der Waals surface area contributed by atoms with Crippen LogP contribution in [0.25, 0.3) is 0 Å². The van der Waals surface area contributed by atoms with Gasteiger partial charge in [0.2, 0.25) is 5.96 Å². The van der Waals surface area contributed by atoms with E-state index >= 15 is 0 Å². The molecule has 1 radical (unpaired) electrons. The summed E-state index contributed by atoms with van der Waals surface area (Å²) in [5.41, 5.74) is 0.607. The van der Waals surface area contributed by atoms with Gasteiger partial charge in [-0.25, -0.2) is 8.42 Å². The average molecular weight is 237 g/mol. The van der Waals surface area contributed by atoms with Crippen LogP contribution in [0.15, 0.2) is 39.4 Å². The molecule has 0 atom stereocenters. The first-order valence-corrected chi connectivity index (χ1v) is 6.32. The van der Waals surface area contributed by atoms with E-state index < -0.39 is 9.84 Å². The monoisotopic (exact) mass is 237 g/mol. The minimum Gasteiger partial charge on any atom is -0.323 e. The van der Waals surface area contributed by atoms with Crippen LogP contribution in [0.1, 0.15) is 0 Å². The van der Waals surface area contributed by atoms with Crippen LogP contribution >= 0.6 is 0 Å². The number of hydrogen-bond acceptors (Lipinski definition) is 5. The zero-order valence-corrected chi connectivity index (χ0v) is 9.27. The second kappa shape index (κ2) is 3.93. The fourth-order valence-corrected chi connectivity index (χ4v) is 1.84. The minimum atomic E-state index is -3.20. The van der Waals surface area contributed by atoms with Gasteiger partial charge in [-0.3, -0.25) is 0 Å². The molecule has 83 valence electrons. The molecule has 1 heterocycles. The SMILES string of the molecule is CS(=O)(=O)c1cccc(NC2=NN=C[N]2)c1. The standard InChI is InChI=1S/C9H9N4O2S/c1-16(14,15)8-4-2-3-7(5-8)12-9-10-6-11-13-9/h2-6H,1H3,(H,12,13). The number of sulfone groups is 1. The number of benzene rings is 1. The third-order valence-electron chi connectivity index (χ3n) is 1.90. The van der Waals surface area contributed by atoms with Gasteiger partial charge in [-0.05, 0) is 18.2 Å². The molecule has 0 bridgehead atoms. The molecule has 1 aliphatic rings. The topological polar surface area (TPSA) is 85.0 Å². The van der Waals surface area contributed by atoms with Crippen LogP contribution in [-0.4, -0.2) is 27.0 Å². The Kier molecular flexibility index (Phi) is 2.61. The van der Waals surface area contributed by atoms with E-state index in [-0.39, 0.29) is 4.90 Å². The Morgan fingerprint density at radius 3 is 2.75 bits per heavy atom. The molecule has 0 aromatic heterocycles. The maximum atomic E-state index is 11.3. The second-order valence-corrected chi connectivity index (χ2v) is 5.22. The van der Waals surface area contributed by atoms with E-state index in [4.69, 9.17) is 0 Å². The smallest absolute Gasteiger partial charge is 0.248 e. The lowest BCUT2D eigenvalue weighted by Crippen LogP contribution is -2.19. The van der Waals surface area contributed by atoms with Gasteiger partial charge >= 0.3 is 0 Å². The molecule has 1 aromatic carbocycles. The van der Waals surface area contributed by atoms with Crippen LogP contribution in [0.4, 0.5) is 5.69 Å². The molecule has 0 unspecified atom stereocenters. The lowest BCUT2D eigenvalue weighted by Gasteiger charge is -2.05. The summed E-state index contributed by atoms with van der Waals surface area (Å²) in [5, 5.41) is 13.9. The van der Waals surface area contributed by atoms with Crippen molar-refractivity contribution in [2.24, 2.45) is 10.2 Å². The highest BCUT2D eigenvalue weighted by molar-refractivity contribution is 7.90. The molecule has 1 aliphatic heterocycles. The molecule has 2 rings (SSSR count). The number of nitrogens with one attached hydrogen (secondary N) is 1. The fraction of sp³-hybridized carbons (Fsp3) is 0.111. The molecular formula is C9H9N4O2S. The first-order chi connectivity index (χ1) is 7.55. The Labute approximate surface area is 93.0 Å². The maximum absolute atomic E-state index is 11.3. The molecule has 1 N–H and O–H groups in total. The Morgan fingerprint density at radius 1 is 1.31 bits per heavy atom. The summed E-state index contributed by atoms with van der Waals surface area (Å²) >= 11 is 0. The third kappa shape index (κ3) is 2.37. The number of guanidine groups is 1. The van der Waals surface area contributed by atoms with Gasteiger partial charge in [0.05, 0.1) is 4.90 Å². The van der Waals surface area contributed by atoms with Crippen molar-refractivity contribution in [3.8, 4) is 0 Å². The first kappa shape index (κ1) is 10.6. The lowest BCUT2D eigenvalue weighted by molar-refractivity contribution is 0.602. The summed E-state index contributed by atoms with van der Waals surface area (Å²) < 4.78 is 22.6. The highest BCUT2D eigenvalue weighted by Crippen LogP contribution is 2.15. The van der Waals surface area contributed by atoms with Crippen LogP contribution < -0.4 is 10.6 Å². The molecule has 0 fully saturated rings. The van der Waals surface area contributed by atoms with Crippen molar-refractivity contribution < 1.29 is 8.42 Å². The number of rotatable bonds is 2. The van der Waals surface area contributed by atoms with Crippen LogP contribution in [0.3, 0.4) is 0 Å². The molecular weight excluding hydrogens is 228 g/mol. The van der Waals surface area contributed by atoms with Crippen molar-refractivity contribution in [1.82, 2.24) is 5.32 Å². The Bertz CT molecular complexity index is 563. The Balaban J connectivity index is 2.23. The van der Waals surface area contributed by atoms with E-state index in [1.807, 2.05) is 0 Å². The molecule has 0 amide bonds. The normalized spacial score (nSPS) is 14.4. The van der Waals surface area contributed by atoms with Gasteiger partial charge in [0.25, 0.3) is 0 Å². The summed E-state index contributed by atoms with van der Waals surface area (Å²) in [6.45, 7) is 0. The minimum absolute atomic E-state index is 0.247. The van der Waals surface area contributed by atoms with E-state index in [1.54, 1.807) is 12.1 Å². The molecule has 0 aliphatic carbocycles. The van der Waals surface area contributed by atoms with Crippen molar-refractivity contribution in [2.75, 3.05) is 11.6 Å². The molecule has 16 heavy (non-hydrogen) atoms. The lowest BCUT2D eigenvalue weighted by atomic mass is 10.3. The van der Waals surface area contributed by atoms with E-state index in [0.717, 1.165) is 6.26 Å². The van der Waals surface area contributed by atoms with Gasteiger partial charge in [-0.1, -0.05) is 6.07 Å². The van der Waals surface area contributed by atoms with E-state index in [2.05, 4.69) is 20.8 Å². The predicted octanol–water partition coefficient (Wildman–Crippen LogP) is 0.419. The summed E-state index contributed by atoms with van der Waals surface area (Å²) in [5.74, 6) is 0.339. The van der Waals surface area contributed by atoms with Crippen LogP contribution in [0.2, 0.25) is 0 Å². The quantitative estimate of drug-likeness (QED) is 0.808. The Morgan fingerprint density at radius 2 is 2.12 bits per heavy atom. The molecule has 0 saturated carbocycles. The van der Waals surface area contributed by atoms with Crippen LogP contribution in [-0.2, 0) is 9.84 Å². The summed E-state index contributed by atoms with van der Waals surface area (Å²) in [7, 11) is -3.20.